The van der Waals surface area contributed by atoms with Crippen LogP contribution in [0.4, 0.5) is 5.00 Å². The van der Waals surface area contributed by atoms with Gasteiger partial charge in [-0.3, -0.25) is 0 Å². The van der Waals surface area contributed by atoms with Crippen molar-refractivity contribution in [1.82, 2.24) is 5.32 Å². The summed E-state index contributed by atoms with van der Waals surface area (Å²) in [5.74, 6) is -0.318. The number of rotatable bonds is 1. The molecule has 1 aliphatic rings. The first-order chi connectivity index (χ1) is 6.74. The minimum Gasteiger partial charge on any atom is -0.465 e. The molecule has 1 aliphatic heterocycles. The zero-order valence-corrected chi connectivity index (χ0v) is 8.74. The van der Waals surface area contributed by atoms with Crippen LogP contribution in [0.15, 0.2) is 0 Å². The van der Waals surface area contributed by atoms with E-state index >= 15 is 0 Å². The molecule has 14 heavy (non-hydrogen) atoms. The van der Waals surface area contributed by atoms with Gasteiger partial charge in [-0.2, -0.15) is 0 Å². The largest absolute Gasteiger partial charge is 0.465 e. The highest BCUT2D eigenvalue weighted by molar-refractivity contribution is 7.16. The van der Waals surface area contributed by atoms with Crippen molar-refractivity contribution in [2.75, 3.05) is 19.4 Å². The molecule has 1 aromatic heterocycles. The molecule has 0 saturated heterocycles. The summed E-state index contributed by atoms with van der Waals surface area (Å²) in [4.78, 5) is 12.6. The molecule has 1 aromatic rings. The zero-order chi connectivity index (χ0) is 10.1. The van der Waals surface area contributed by atoms with Crippen molar-refractivity contribution in [3.63, 3.8) is 0 Å². The smallest absolute Gasteiger partial charge is 0.341 e. The Morgan fingerprint density at radius 1 is 1.64 bits per heavy atom. The molecule has 0 radical (unpaired) electrons. The van der Waals surface area contributed by atoms with Gasteiger partial charge in [0.25, 0.3) is 0 Å². The van der Waals surface area contributed by atoms with Crippen molar-refractivity contribution in [3.8, 4) is 0 Å². The van der Waals surface area contributed by atoms with Crippen molar-refractivity contribution >= 4 is 22.3 Å². The maximum Gasteiger partial charge on any atom is 0.341 e. The second-order valence-electron chi connectivity index (χ2n) is 3.16. The number of hydrogen-bond acceptors (Lipinski definition) is 5. The van der Waals surface area contributed by atoms with Crippen LogP contribution in [0.3, 0.4) is 0 Å². The number of anilines is 1. The quantitative estimate of drug-likeness (QED) is 0.675. The predicted octanol–water partition coefficient (Wildman–Crippen LogP) is 0.763. The van der Waals surface area contributed by atoms with Gasteiger partial charge in [-0.15, -0.1) is 11.3 Å². The van der Waals surface area contributed by atoms with Crippen LogP contribution in [0.1, 0.15) is 20.8 Å². The minimum atomic E-state index is -0.318. The number of nitrogens with two attached hydrogens (primary N) is 1. The second-order valence-corrected chi connectivity index (χ2v) is 4.30. The number of carbonyl (C=O) groups is 1. The molecular formula is C9H12N2O2S. The summed E-state index contributed by atoms with van der Waals surface area (Å²) in [6.45, 7) is 1.70. The van der Waals surface area contributed by atoms with Gasteiger partial charge in [0.05, 0.1) is 12.7 Å². The number of hydrogen-bond donors (Lipinski definition) is 2. The Bertz CT molecular complexity index is 373. The van der Waals surface area contributed by atoms with Crippen LogP contribution in [0, 0.1) is 0 Å². The molecule has 3 N–H and O–H groups in total. The van der Waals surface area contributed by atoms with E-state index in [1.807, 2.05) is 0 Å². The van der Waals surface area contributed by atoms with Crippen LogP contribution < -0.4 is 11.1 Å². The fourth-order valence-electron chi connectivity index (χ4n) is 1.68. The molecule has 2 heterocycles. The fourth-order valence-corrected chi connectivity index (χ4v) is 2.76. The first kappa shape index (κ1) is 9.48. The van der Waals surface area contributed by atoms with Gasteiger partial charge >= 0.3 is 5.97 Å². The number of nitrogens with one attached hydrogen (secondary N) is 1. The van der Waals surface area contributed by atoms with E-state index in [-0.39, 0.29) is 5.97 Å². The van der Waals surface area contributed by atoms with Crippen molar-refractivity contribution in [2.45, 2.75) is 13.0 Å². The number of ether oxygens (including phenoxy) is 1. The molecule has 0 amide bonds. The molecule has 0 bridgehead atoms. The Morgan fingerprint density at radius 3 is 3.14 bits per heavy atom. The summed E-state index contributed by atoms with van der Waals surface area (Å²) in [6.07, 6.45) is 0.855. The lowest BCUT2D eigenvalue weighted by Crippen LogP contribution is -2.23. The molecule has 0 unspecified atom stereocenters. The van der Waals surface area contributed by atoms with Crippen LogP contribution in [0.5, 0.6) is 0 Å². The number of thiophene rings is 1. The maximum atomic E-state index is 11.5. The summed E-state index contributed by atoms with van der Waals surface area (Å²) in [6, 6.07) is 0. The lowest BCUT2D eigenvalue weighted by atomic mass is 10.0. The minimum absolute atomic E-state index is 0.318. The highest BCUT2D eigenvalue weighted by Crippen LogP contribution is 2.33. The van der Waals surface area contributed by atoms with E-state index < -0.39 is 0 Å². The van der Waals surface area contributed by atoms with Gasteiger partial charge in [0.1, 0.15) is 5.00 Å². The summed E-state index contributed by atoms with van der Waals surface area (Å²) in [7, 11) is 1.38. The lowest BCUT2D eigenvalue weighted by molar-refractivity contribution is 0.0601. The Balaban J connectivity index is 2.47. The van der Waals surface area contributed by atoms with Crippen LogP contribution >= 0.6 is 11.3 Å². The third-order valence-corrected chi connectivity index (χ3v) is 3.41. The molecule has 0 fully saturated rings. The lowest BCUT2D eigenvalue weighted by Gasteiger charge is -2.13. The number of carbonyl (C=O) groups excluding carboxylic acids is 1. The van der Waals surface area contributed by atoms with E-state index in [1.165, 1.54) is 18.4 Å². The van der Waals surface area contributed by atoms with E-state index in [0.717, 1.165) is 30.0 Å². The Labute approximate surface area is 86.1 Å². The number of esters is 1. The van der Waals surface area contributed by atoms with Crippen LogP contribution in [-0.4, -0.2) is 19.6 Å². The molecule has 2 rings (SSSR count). The molecule has 5 heteroatoms. The fraction of sp³-hybridized carbons (Fsp3) is 0.444. The van der Waals surface area contributed by atoms with Gasteiger partial charge in [0, 0.05) is 11.4 Å². The third-order valence-electron chi connectivity index (χ3n) is 2.34. The van der Waals surface area contributed by atoms with Gasteiger partial charge in [0.2, 0.25) is 0 Å². The summed E-state index contributed by atoms with van der Waals surface area (Å²) in [5, 5.41) is 3.82. The third kappa shape index (κ3) is 1.38. The molecular weight excluding hydrogens is 200 g/mol. The Morgan fingerprint density at radius 2 is 2.43 bits per heavy atom. The molecule has 4 nitrogen and oxygen atoms in total. The Hall–Kier alpha value is -1.07. The van der Waals surface area contributed by atoms with E-state index in [0.29, 0.717) is 10.6 Å². The van der Waals surface area contributed by atoms with E-state index in [9.17, 15) is 4.79 Å². The number of nitrogen functional groups attached to an aromatic ring is 1. The van der Waals surface area contributed by atoms with E-state index in [2.05, 4.69) is 5.32 Å². The van der Waals surface area contributed by atoms with Crippen LogP contribution in [0.25, 0.3) is 0 Å². The first-order valence-electron chi connectivity index (χ1n) is 4.43. The second kappa shape index (κ2) is 3.59. The van der Waals surface area contributed by atoms with Crippen molar-refractivity contribution in [1.29, 1.82) is 0 Å². The SMILES string of the molecule is COC(=O)c1c(N)sc2c1CCNC2. The zero-order valence-electron chi connectivity index (χ0n) is 7.92. The average molecular weight is 212 g/mol. The van der Waals surface area contributed by atoms with Crippen molar-refractivity contribution in [3.05, 3.63) is 16.0 Å². The van der Waals surface area contributed by atoms with Crippen LogP contribution in [0.2, 0.25) is 0 Å². The average Bonchev–Trinajstić information content (AvgIpc) is 2.53. The molecule has 0 saturated carbocycles. The monoisotopic (exact) mass is 212 g/mol. The molecule has 0 aromatic carbocycles. The van der Waals surface area contributed by atoms with Crippen molar-refractivity contribution in [2.24, 2.45) is 0 Å². The number of methoxy groups -OCH3 is 1. The number of fused-ring (bicyclic) bond motifs is 1. The molecule has 0 aliphatic carbocycles. The normalized spacial score (nSPS) is 14.9. The highest BCUT2D eigenvalue weighted by atomic mass is 32.1. The standard InChI is InChI=1S/C9H12N2O2S/c1-13-9(12)7-5-2-3-11-4-6(5)14-8(7)10/h11H,2-4,10H2,1H3. The van der Waals surface area contributed by atoms with E-state index in [4.69, 9.17) is 10.5 Å². The maximum absolute atomic E-state index is 11.5. The first-order valence-corrected chi connectivity index (χ1v) is 5.24. The molecule has 76 valence electrons. The topological polar surface area (TPSA) is 64.3 Å². The molecule has 0 atom stereocenters. The summed E-state index contributed by atoms with van der Waals surface area (Å²) in [5.41, 5.74) is 7.43. The highest BCUT2D eigenvalue weighted by Gasteiger charge is 2.24. The van der Waals surface area contributed by atoms with Gasteiger partial charge in [-0.05, 0) is 18.5 Å². The predicted molar refractivity (Wildman–Crippen MR) is 55.5 cm³/mol. The summed E-state index contributed by atoms with van der Waals surface area (Å²) >= 11 is 1.47. The van der Waals surface area contributed by atoms with Gasteiger partial charge in [-0.1, -0.05) is 0 Å². The van der Waals surface area contributed by atoms with Gasteiger partial charge in [0.15, 0.2) is 0 Å². The molecule has 0 spiro atoms. The van der Waals surface area contributed by atoms with Gasteiger partial charge in [-0.25, -0.2) is 4.79 Å². The Kier molecular flexibility index (Phi) is 2.43. The van der Waals surface area contributed by atoms with Crippen molar-refractivity contribution < 1.29 is 9.53 Å². The van der Waals surface area contributed by atoms with E-state index in [1.54, 1.807) is 0 Å². The van der Waals surface area contributed by atoms with Gasteiger partial charge < -0.3 is 15.8 Å². The van der Waals surface area contributed by atoms with Crippen LogP contribution in [-0.2, 0) is 17.7 Å². The summed E-state index contributed by atoms with van der Waals surface area (Å²) < 4.78 is 4.71.